The van der Waals surface area contributed by atoms with Crippen LogP contribution in [0.4, 0.5) is 0 Å². The van der Waals surface area contributed by atoms with Gasteiger partial charge in [0.15, 0.2) is 0 Å². The first-order chi connectivity index (χ1) is 9.33. The highest BCUT2D eigenvalue weighted by Crippen LogP contribution is 2.58. The number of carbonyl (C=O) groups excluding carboxylic acids is 1. The van der Waals surface area contributed by atoms with Crippen LogP contribution in [0.25, 0.3) is 0 Å². The molecule has 0 unspecified atom stereocenters. The number of hydrogen-bond acceptors (Lipinski definition) is 3. The Hall–Kier alpha value is -0.960. The van der Waals surface area contributed by atoms with E-state index in [9.17, 15) is 4.79 Å². The minimum absolute atomic E-state index is 0.139. The van der Waals surface area contributed by atoms with Gasteiger partial charge in [-0.3, -0.25) is 0 Å². The van der Waals surface area contributed by atoms with Crippen LogP contribution in [-0.2, 0) is 4.74 Å². The van der Waals surface area contributed by atoms with E-state index in [1.54, 1.807) is 0 Å². The van der Waals surface area contributed by atoms with Crippen LogP contribution in [0.1, 0.15) is 23.2 Å². The van der Waals surface area contributed by atoms with Crippen molar-refractivity contribution in [3.63, 3.8) is 0 Å². The number of ether oxygens (including phenoxy) is 1. The van der Waals surface area contributed by atoms with Crippen molar-refractivity contribution in [1.82, 2.24) is 0 Å². The van der Waals surface area contributed by atoms with Crippen LogP contribution < -0.4 is 0 Å². The fraction of sp³-hybridized carbons (Fsp3) is 0.562. The third-order valence-corrected chi connectivity index (χ3v) is 6.42. The summed E-state index contributed by atoms with van der Waals surface area (Å²) in [6.45, 7) is 0. The maximum absolute atomic E-state index is 12.1. The Labute approximate surface area is 117 Å². The first kappa shape index (κ1) is 11.8. The summed E-state index contributed by atoms with van der Waals surface area (Å²) >= 11 is 2.09. The van der Waals surface area contributed by atoms with E-state index >= 15 is 0 Å². The van der Waals surface area contributed by atoms with Crippen molar-refractivity contribution in [3.8, 4) is 0 Å². The van der Waals surface area contributed by atoms with Gasteiger partial charge in [0.2, 0.25) is 0 Å². The maximum atomic E-state index is 12.1. The number of rotatable bonds is 2. The molecule has 0 spiro atoms. The normalized spacial score (nSPS) is 39.3. The van der Waals surface area contributed by atoms with Gasteiger partial charge in [0.05, 0.1) is 5.56 Å². The highest BCUT2D eigenvalue weighted by molar-refractivity contribution is 7.99. The van der Waals surface area contributed by atoms with Gasteiger partial charge in [-0.1, -0.05) is 18.2 Å². The van der Waals surface area contributed by atoms with Crippen molar-refractivity contribution in [2.45, 2.75) is 18.9 Å². The fourth-order valence-electron chi connectivity index (χ4n) is 4.30. The second-order valence-corrected chi connectivity index (χ2v) is 7.15. The van der Waals surface area contributed by atoms with E-state index in [-0.39, 0.29) is 12.1 Å². The van der Waals surface area contributed by atoms with Gasteiger partial charge < -0.3 is 4.74 Å². The van der Waals surface area contributed by atoms with Crippen molar-refractivity contribution >= 4 is 17.7 Å². The van der Waals surface area contributed by atoms with Gasteiger partial charge in [-0.2, -0.15) is 11.8 Å². The van der Waals surface area contributed by atoms with Crippen LogP contribution in [0, 0.1) is 23.7 Å². The van der Waals surface area contributed by atoms with Gasteiger partial charge in [-0.25, -0.2) is 4.79 Å². The Bertz CT molecular complexity index is 487. The third kappa shape index (κ3) is 1.90. The van der Waals surface area contributed by atoms with Crippen molar-refractivity contribution in [2.75, 3.05) is 11.5 Å². The molecular formula is C16H18O2S. The molecule has 1 aromatic carbocycles. The fourth-order valence-corrected chi connectivity index (χ4v) is 5.99. The Morgan fingerprint density at radius 3 is 2.68 bits per heavy atom. The summed E-state index contributed by atoms with van der Waals surface area (Å²) in [6.07, 6.45) is 2.57. The number of benzene rings is 1. The SMILES string of the molecule is O=C(O[C@H]1C[C@H]2C[C@@H]1[C@H]1CSC[C@@H]21)c1ccccc1. The number of carbonyl (C=O) groups is 1. The van der Waals surface area contributed by atoms with Crippen LogP contribution in [0.3, 0.4) is 0 Å². The minimum Gasteiger partial charge on any atom is -0.458 e. The molecule has 0 N–H and O–H groups in total. The molecule has 3 heteroatoms. The van der Waals surface area contributed by atoms with E-state index in [0.29, 0.717) is 11.5 Å². The molecule has 1 aliphatic heterocycles. The predicted molar refractivity (Wildman–Crippen MR) is 76.2 cm³/mol. The summed E-state index contributed by atoms with van der Waals surface area (Å²) in [5.74, 6) is 5.67. The minimum atomic E-state index is -0.139. The van der Waals surface area contributed by atoms with Gasteiger partial charge >= 0.3 is 5.97 Å². The molecule has 4 rings (SSSR count). The molecule has 2 nitrogen and oxygen atoms in total. The second kappa shape index (κ2) is 4.55. The Morgan fingerprint density at radius 1 is 1.05 bits per heavy atom. The highest BCUT2D eigenvalue weighted by Gasteiger charge is 2.55. The molecule has 1 saturated heterocycles. The van der Waals surface area contributed by atoms with Crippen LogP contribution in [0.2, 0.25) is 0 Å². The topological polar surface area (TPSA) is 26.3 Å². The van der Waals surface area contributed by atoms with Gasteiger partial charge in [0.25, 0.3) is 0 Å². The number of esters is 1. The molecule has 2 bridgehead atoms. The quantitative estimate of drug-likeness (QED) is 0.775. The lowest BCUT2D eigenvalue weighted by Crippen LogP contribution is -2.33. The molecule has 5 atom stereocenters. The summed E-state index contributed by atoms with van der Waals surface area (Å²) in [5.41, 5.74) is 0.683. The van der Waals surface area contributed by atoms with Crippen molar-refractivity contribution in [3.05, 3.63) is 35.9 Å². The maximum Gasteiger partial charge on any atom is 0.338 e. The van der Waals surface area contributed by atoms with Gasteiger partial charge in [-0.05, 0) is 54.2 Å². The number of fused-ring (bicyclic) bond motifs is 5. The van der Waals surface area contributed by atoms with Gasteiger partial charge in [-0.15, -0.1) is 0 Å². The van der Waals surface area contributed by atoms with Crippen molar-refractivity contribution in [2.24, 2.45) is 23.7 Å². The van der Waals surface area contributed by atoms with E-state index < -0.39 is 0 Å². The van der Waals surface area contributed by atoms with Crippen LogP contribution in [0.5, 0.6) is 0 Å². The average molecular weight is 274 g/mol. The lowest BCUT2D eigenvalue weighted by atomic mass is 9.80. The van der Waals surface area contributed by atoms with Crippen LogP contribution in [0.15, 0.2) is 30.3 Å². The van der Waals surface area contributed by atoms with E-state index in [1.807, 2.05) is 30.3 Å². The summed E-state index contributed by atoms with van der Waals surface area (Å²) in [7, 11) is 0. The molecule has 19 heavy (non-hydrogen) atoms. The number of hydrogen-bond donors (Lipinski definition) is 0. The third-order valence-electron chi connectivity index (χ3n) is 5.18. The molecular weight excluding hydrogens is 256 g/mol. The molecule has 0 aromatic heterocycles. The zero-order valence-electron chi connectivity index (χ0n) is 10.8. The highest BCUT2D eigenvalue weighted by atomic mass is 32.2. The zero-order valence-corrected chi connectivity index (χ0v) is 11.6. The van der Waals surface area contributed by atoms with Crippen molar-refractivity contribution < 1.29 is 9.53 Å². The van der Waals surface area contributed by atoms with E-state index in [0.717, 1.165) is 24.2 Å². The molecule has 0 amide bonds. The molecule has 1 aromatic rings. The summed E-state index contributed by atoms with van der Waals surface area (Å²) < 4.78 is 5.79. The van der Waals surface area contributed by atoms with Crippen LogP contribution >= 0.6 is 11.8 Å². The van der Waals surface area contributed by atoms with Crippen LogP contribution in [-0.4, -0.2) is 23.6 Å². The Kier molecular flexibility index (Phi) is 2.83. The number of thioether (sulfide) groups is 1. The van der Waals surface area contributed by atoms with Gasteiger partial charge in [0, 0.05) is 5.92 Å². The largest absolute Gasteiger partial charge is 0.458 e. The molecule has 3 fully saturated rings. The lowest BCUT2D eigenvalue weighted by molar-refractivity contribution is 0.00352. The first-order valence-corrected chi connectivity index (χ1v) is 8.32. The summed E-state index contributed by atoms with van der Waals surface area (Å²) in [5, 5.41) is 0. The van der Waals surface area contributed by atoms with E-state index in [4.69, 9.17) is 4.74 Å². The molecule has 0 radical (unpaired) electrons. The van der Waals surface area contributed by atoms with Gasteiger partial charge in [0.1, 0.15) is 6.10 Å². The molecule has 1 heterocycles. The van der Waals surface area contributed by atoms with Crippen molar-refractivity contribution in [1.29, 1.82) is 0 Å². The second-order valence-electron chi connectivity index (χ2n) is 6.07. The lowest BCUT2D eigenvalue weighted by Gasteiger charge is -2.30. The van der Waals surface area contributed by atoms with E-state index in [1.165, 1.54) is 17.9 Å². The standard InChI is InChI=1S/C16H18O2S/c17-16(10-4-2-1-3-5-10)18-15-7-11-6-12(15)14-9-19-8-13(11)14/h1-5,11-15H,6-9H2/t11-,12-,13+,14-,15+/m1/s1. The summed E-state index contributed by atoms with van der Waals surface area (Å²) in [6, 6.07) is 9.38. The Balaban J connectivity index is 1.46. The Morgan fingerprint density at radius 2 is 1.84 bits per heavy atom. The average Bonchev–Trinajstić information content (AvgIpc) is 3.11. The molecule has 3 aliphatic rings. The molecule has 100 valence electrons. The molecule has 2 saturated carbocycles. The zero-order chi connectivity index (χ0) is 12.8. The molecule has 2 aliphatic carbocycles. The van der Waals surface area contributed by atoms with E-state index in [2.05, 4.69) is 11.8 Å². The first-order valence-electron chi connectivity index (χ1n) is 7.16. The summed E-state index contributed by atoms with van der Waals surface area (Å²) in [4.78, 5) is 12.1. The predicted octanol–water partition coefficient (Wildman–Crippen LogP) is 3.23. The monoisotopic (exact) mass is 274 g/mol. The smallest absolute Gasteiger partial charge is 0.338 e.